The van der Waals surface area contributed by atoms with Crippen LogP contribution >= 0.6 is 0 Å². The van der Waals surface area contributed by atoms with Gasteiger partial charge in [-0.2, -0.15) is 0 Å². The zero-order valence-electron chi connectivity index (χ0n) is 13.5. The molecule has 0 spiro atoms. The van der Waals surface area contributed by atoms with Gasteiger partial charge in [0.15, 0.2) is 0 Å². The van der Waals surface area contributed by atoms with Gasteiger partial charge in [0, 0.05) is 18.5 Å². The molecule has 0 aliphatic heterocycles. The molecule has 3 aromatic carbocycles. The number of nitrogens with one attached hydrogen (secondary N) is 1. The van der Waals surface area contributed by atoms with Crippen molar-refractivity contribution in [2.24, 2.45) is 0 Å². The third-order valence-corrected chi connectivity index (χ3v) is 4.18. The number of aryl methyl sites for hydroxylation is 1. The molecule has 2 N–H and O–H groups in total. The van der Waals surface area contributed by atoms with Gasteiger partial charge in [-0.1, -0.05) is 60.2 Å². The summed E-state index contributed by atoms with van der Waals surface area (Å²) in [5, 5.41) is 13.4. The molecule has 0 saturated carbocycles. The van der Waals surface area contributed by atoms with E-state index in [1.807, 2.05) is 61.5 Å². The summed E-state index contributed by atoms with van der Waals surface area (Å²) in [5.74, 6) is 0. The maximum atomic E-state index is 11.8. The Hall–Kier alpha value is -2.72. The molecule has 3 aromatic rings. The minimum absolute atomic E-state index is 0.144. The predicted molar refractivity (Wildman–Crippen MR) is 95.0 cm³/mol. The first kappa shape index (κ1) is 16.1. The minimum atomic E-state index is -0.800. The van der Waals surface area contributed by atoms with Crippen LogP contribution in [-0.2, 0) is 13.0 Å². The number of hydrogen-bond donors (Lipinski definition) is 2. The summed E-state index contributed by atoms with van der Waals surface area (Å²) in [7, 11) is 0. The molecule has 1 unspecified atom stereocenters. The Bertz CT molecular complexity index is 891. The van der Waals surface area contributed by atoms with E-state index in [2.05, 4.69) is 5.32 Å². The average molecular weight is 321 g/mol. The molecule has 0 aromatic heterocycles. The number of rotatable bonds is 6. The first-order chi connectivity index (χ1) is 11.6. The molecule has 0 aliphatic carbocycles. The topological polar surface area (TPSA) is 66.4 Å². The number of aliphatic hydroxyl groups is 1. The molecule has 0 bridgehead atoms. The number of anilines is 1. The van der Waals surface area contributed by atoms with Crippen molar-refractivity contribution in [3.05, 3.63) is 97.3 Å². The molecule has 1 atom stereocenters. The van der Waals surface area contributed by atoms with Crippen LogP contribution in [0.15, 0.2) is 64.2 Å². The fraction of sp³-hybridized carbons (Fsp3) is 0.200. The predicted octanol–water partition coefficient (Wildman–Crippen LogP) is 2.48. The molecule has 0 radical (unpaired) electrons. The average Bonchev–Trinajstić information content (AvgIpc) is 2.61. The van der Waals surface area contributed by atoms with Crippen molar-refractivity contribution in [2.75, 3.05) is 5.32 Å². The summed E-state index contributed by atoms with van der Waals surface area (Å²) in [6.45, 7) is 2.44. The molecule has 24 heavy (non-hydrogen) atoms. The quantitative estimate of drug-likeness (QED) is 0.685. The van der Waals surface area contributed by atoms with Crippen LogP contribution in [0.3, 0.4) is 0 Å². The monoisotopic (exact) mass is 321 g/mol. The summed E-state index contributed by atoms with van der Waals surface area (Å²) in [5.41, 5.74) is 2.57. The second-order valence-electron chi connectivity index (χ2n) is 5.98. The second-order valence-corrected chi connectivity index (χ2v) is 5.98. The maximum Gasteiger partial charge on any atom is 0.249 e. The van der Waals surface area contributed by atoms with E-state index < -0.39 is 17.0 Å². The Kier molecular flexibility index (Phi) is 4.58. The first-order valence-electron chi connectivity index (χ1n) is 7.91. The second kappa shape index (κ2) is 6.81. The lowest BCUT2D eigenvalue weighted by molar-refractivity contribution is 0.178. The van der Waals surface area contributed by atoms with Gasteiger partial charge >= 0.3 is 0 Å². The molecule has 4 heteroatoms. The van der Waals surface area contributed by atoms with Crippen molar-refractivity contribution < 1.29 is 5.11 Å². The van der Waals surface area contributed by atoms with Gasteiger partial charge in [-0.15, -0.1) is 0 Å². The largest absolute Gasteiger partial charge is 0.388 e. The number of benzene rings is 2. The van der Waals surface area contributed by atoms with Gasteiger partial charge in [0.2, 0.25) is 10.9 Å². The molecule has 0 amide bonds. The highest BCUT2D eigenvalue weighted by Crippen LogP contribution is 2.21. The Labute approximate surface area is 140 Å². The van der Waals surface area contributed by atoms with Crippen molar-refractivity contribution in [1.82, 2.24) is 0 Å². The van der Waals surface area contributed by atoms with Crippen molar-refractivity contribution >= 4 is 5.69 Å². The molecule has 0 aliphatic rings. The van der Waals surface area contributed by atoms with Gasteiger partial charge in [-0.25, -0.2) is 0 Å². The van der Waals surface area contributed by atoms with Crippen molar-refractivity contribution in [2.45, 2.75) is 26.0 Å². The third kappa shape index (κ3) is 3.29. The van der Waals surface area contributed by atoms with E-state index in [4.69, 9.17) is 0 Å². The van der Waals surface area contributed by atoms with Gasteiger partial charge in [0.05, 0.1) is 11.8 Å². The van der Waals surface area contributed by atoms with E-state index in [1.165, 1.54) is 0 Å². The van der Waals surface area contributed by atoms with Crippen LogP contribution in [0.1, 0.15) is 28.4 Å². The van der Waals surface area contributed by atoms with Gasteiger partial charge < -0.3 is 10.4 Å². The lowest BCUT2D eigenvalue weighted by Crippen LogP contribution is -2.39. The Morgan fingerprint density at radius 2 is 1.62 bits per heavy atom. The zero-order valence-corrected chi connectivity index (χ0v) is 13.5. The standard InChI is InChI=1S/C20H19NO3/c1-13-7-9-15(10-8-13)17(22)11-16-18(20(24)19(16)23)21-12-14-5-3-2-4-6-14/h2-10,17,21-22H,11-12H2,1H3. The van der Waals surface area contributed by atoms with Gasteiger partial charge in [-0.05, 0) is 18.1 Å². The summed E-state index contributed by atoms with van der Waals surface area (Å²) in [6.07, 6.45) is -0.656. The molecule has 0 fully saturated rings. The van der Waals surface area contributed by atoms with Crippen LogP contribution in [0.25, 0.3) is 0 Å². The van der Waals surface area contributed by atoms with E-state index in [9.17, 15) is 14.7 Å². The Morgan fingerprint density at radius 3 is 2.29 bits per heavy atom. The summed E-state index contributed by atoms with van der Waals surface area (Å²) < 4.78 is 0. The van der Waals surface area contributed by atoms with Crippen LogP contribution in [0.5, 0.6) is 0 Å². The van der Waals surface area contributed by atoms with Gasteiger partial charge in [-0.3, -0.25) is 9.59 Å². The normalized spacial score (nSPS) is 12.2. The Morgan fingerprint density at radius 1 is 0.958 bits per heavy atom. The van der Waals surface area contributed by atoms with Crippen molar-refractivity contribution in [1.29, 1.82) is 0 Å². The van der Waals surface area contributed by atoms with Gasteiger partial charge in [0.25, 0.3) is 0 Å². The fourth-order valence-corrected chi connectivity index (χ4v) is 2.71. The van der Waals surface area contributed by atoms with E-state index in [-0.39, 0.29) is 6.42 Å². The van der Waals surface area contributed by atoms with Crippen LogP contribution in [-0.4, -0.2) is 5.11 Å². The van der Waals surface area contributed by atoms with Crippen LogP contribution < -0.4 is 16.2 Å². The first-order valence-corrected chi connectivity index (χ1v) is 7.91. The zero-order chi connectivity index (χ0) is 17.1. The molecule has 0 saturated heterocycles. The van der Waals surface area contributed by atoms with E-state index >= 15 is 0 Å². The van der Waals surface area contributed by atoms with E-state index in [0.29, 0.717) is 17.8 Å². The van der Waals surface area contributed by atoms with Crippen molar-refractivity contribution in [3.63, 3.8) is 0 Å². The lowest BCUT2D eigenvalue weighted by atomic mass is 9.96. The van der Waals surface area contributed by atoms with Crippen molar-refractivity contribution in [3.8, 4) is 0 Å². The summed E-state index contributed by atoms with van der Waals surface area (Å²) in [6, 6.07) is 17.1. The molecule has 3 rings (SSSR count). The highest BCUT2D eigenvalue weighted by molar-refractivity contribution is 5.57. The molecule has 122 valence electrons. The van der Waals surface area contributed by atoms with Gasteiger partial charge in [0.1, 0.15) is 0 Å². The number of aliphatic hydroxyl groups excluding tert-OH is 1. The van der Waals surface area contributed by atoms with E-state index in [1.54, 1.807) is 0 Å². The highest BCUT2D eigenvalue weighted by Gasteiger charge is 2.23. The minimum Gasteiger partial charge on any atom is -0.388 e. The number of hydrogen-bond acceptors (Lipinski definition) is 4. The molecular formula is C20H19NO3. The maximum absolute atomic E-state index is 11.8. The summed E-state index contributed by atoms with van der Waals surface area (Å²) >= 11 is 0. The summed E-state index contributed by atoms with van der Waals surface area (Å²) in [4.78, 5) is 23.7. The smallest absolute Gasteiger partial charge is 0.249 e. The van der Waals surface area contributed by atoms with Crippen LogP contribution in [0.2, 0.25) is 0 Å². The molecule has 0 heterocycles. The third-order valence-electron chi connectivity index (χ3n) is 4.18. The lowest BCUT2D eigenvalue weighted by Gasteiger charge is -2.17. The SMILES string of the molecule is Cc1ccc(C(O)Cc2c(NCc3ccccc3)c(=O)c2=O)cc1. The van der Waals surface area contributed by atoms with Crippen LogP contribution in [0, 0.1) is 6.92 Å². The van der Waals surface area contributed by atoms with Crippen LogP contribution in [0.4, 0.5) is 5.69 Å². The molecule has 4 nitrogen and oxygen atoms in total. The fourth-order valence-electron chi connectivity index (χ4n) is 2.71. The van der Waals surface area contributed by atoms with E-state index in [0.717, 1.165) is 16.7 Å². The molecular weight excluding hydrogens is 302 g/mol. The highest BCUT2D eigenvalue weighted by atomic mass is 16.3. The Balaban J connectivity index is 1.72.